The minimum Gasteiger partial charge on any atom is -0.508 e. The van der Waals surface area contributed by atoms with Crippen molar-refractivity contribution < 1.29 is 23.9 Å². The van der Waals surface area contributed by atoms with E-state index in [4.69, 9.17) is 9.52 Å². The Balaban J connectivity index is 0.000000197. The van der Waals surface area contributed by atoms with Gasteiger partial charge in [-0.25, -0.2) is 0 Å². The number of aromatic hydroxyl groups is 1. The van der Waals surface area contributed by atoms with Crippen LogP contribution in [0.4, 0.5) is 0 Å². The van der Waals surface area contributed by atoms with Crippen molar-refractivity contribution >= 4 is 38.9 Å². The van der Waals surface area contributed by atoms with Gasteiger partial charge in [0.1, 0.15) is 17.3 Å². The van der Waals surface area contributed by atoms with Crippen LogP contribution in [0, 0.1) is 0 Å². The summed E-state index contributed by atoms with van der Waals surface area (Å²) in [5, 5.41) is 13.6. The Labute approximate surface area is 236 Å². The fourth-order valence-electron chi connectivity index (χ4n) is 3.46. The molecule has 0 aliphatic heterocycles. The third kappa shape index (κ3) is 11.5. The molecule has 0 amide bonds. The average Bonchev–Trinajstić information content (AvgIpc) is 3.46. The van der Waals surface area contributed by atoms with Gasteiger partial charge in [0.25, 0.3) is 0 Å². The Morgan fingerprint density at radius 1 is 0.650 bits per heavy atom. The molecule has 1 heterocycles. The number of hydrogen-bond acceptors (Lipinski definition) is 5. The normalized spacial score (nSPS) is 9.80. The number of fused-ring (bicyclic) bond motifs is 2. The van der Waals surface area contributed by atoms with E-state index in [2.05, 4.69) is 6.07 Å². The summed E-state index contributed by atoms with van der Waals surface area (Å²) in [6, 6.07) is 28.9. The van der Waals surface area contributed by atoms with E-state index in [-0.39, 0.29) is 23.1 Å². The van der Waals surface area contributed by atoms with E-state index in [1.54, 1.807) is 38.5 Å². The van der Waals surface area contributed by atoms with E-state index in [0.29, 0.717) is 19.3 Å². The smallest absolute Gasteiger partial charge is 0.162 e. The molecule has 5 rings (SSSR count). The van der Waals surface area contributed by atoms with Crippen molar-refractivity contribution in [2.24, 2.45) is 0 Å². The minimum atomic E-state index is 0.197. The number of carbonyl (C=O) groups is 3. The molecule has 5 heteroatoms. The first-order valence-electron chi connectivity index (χ1n) is 13.4. The molecule has 0 saturated heterocycles. The average molecular weight is 539 g/mol. The molecule has 1 aromatic heterocycles. The monoisotopic (exact) mass is 538 g/mol. The largest absolute Gasteiger partial charge is 0.508 e. The third-order valence-corrected chi connectivity index (χ3v) is 5.98. The van der Waals surface area contributed by atoms with Gasteiger partial charge in [0.15, 0.2) is 5.78 Å². The lowest BCUT2D eigenvalue weighted by Gasteiger charge is -2.00. The zero-order valence-electron chi connectivity index (χ0n) is 23.7. The van der Waals surface area contributed by atoms with Gasteiger partial charge in [0.2, 0.25) is 0 Å². The number of benzene rings is 4. The zero-order chi connectivity index (χ0) is 29.3. The molecule has 5 nitrogen and oxygen atoms in total. The van der Waals surface area contributed by atoms with Gasteiger partial charge >= 0.3 is 0 Å². The maximum absolute atomic E-state index is 11.5. The van der Waals surface area contributed by atoms with Gasteiger partial charge in [0, 0.05) is 35.6 Å². The predicted octanol–water partition coefficient (Wildman–Crippen LogP) is 8.76. The molecule has 0 spiro atoms. The summed E-state index contributed by atoms with van der Waals surface area (Å²) >= 11 is 0. The first-order chi connectivity index (χ1) is 19.2. The van der Waals surface area contributed by atoms with Crippen molar-refractivity contribution in [3.05, 3.63) is 115 Å². The van der Waals surface area contributed by atoms with Gasteiger partial charge in [-0.3, -0.25) is 4.79 Å². The Hall–Kier alpha value is -4.51. The van der Waals surface area contributed by atoms with Gasteiger partial charge < -0.3 is 19.1 Å². The Morgan fingerprint density at radius 3 is 1.68 bits per heavy atom. The topological polar surface area (TPSA) is 84.6 Å². The predicted molar refractivity (Wildman–Crippen MR) is 163 cm³/mol. The summed E-state index contributed by atoms with van der Waals surface area (Å²) in [6.07, 6.45) is 6.06. The van der Waals surface area contributed by atoms with Crippen LogP contribution in [-0.2, 0) is 16.0 Å². The molecule has 5 aromatic rings. The van der Waals surface area contributed by atoms with Gasteiger partial charge in [0.05, 0.1) is 12.5 Å². The van der Waals surface area contributed by atoms with Crippen LogP contribution in [-0.4, -0.2) is 22.5 Å². The van der Waals surface area contributed by atoms with Crippen LogP contribution < -0.4 is 0 Å². The van der Waals surface area contributed by atoms with Crippen molar-refractivity contribution in [1.29, 1.82) is 0 Å². The van der Waals surface area contributed by atoms with Gasteiger partial charge in [-0.2, -0.15) is 0 Å². The molecule has 1 N–H and O–H groups in total. The van der Waals surface area contributed by atoms with Crippen molar-refractivity contribution in [1.82, 2.24) is 0 Å². The second-order valence-corrected chi connectivity index (χ2v) is 9.26. The van der Waals surface area contributed by atoms with Crippen molar-refractivity contribution in [2.45, 2.75) is 53.4 Å². The van der Waals surface area contributed by atoms with Gasteiger partial charge in [-0.15, -0.1) is 0 Å². The number of rotatable bonds is 6. The zero-order valence-corrected chi connectivity index (χ0v) is 23.7. The highest BCUT2D eigenvalue weighted by Crippen LogP contribution is 2.16. The van der Waals surface area contributed by atoms with Crippen LogP contribution in [0.5, 0.6) is 5.75 Å². The highest BCUT2D eigenvalue weighted by Gasteiger charge is 2.02. The minimum absolute atomic E-state index is 0.197. The number of phenolic OH excluding ortho intramolecular Hbond substituents is 1. The van der Waals surface area contributed by atoms with Crippen molar-refractivity contribution in [2.75, 3.05) is 0 Å². The van der Waals surface area contributed by atoms with E-state index in [0.717, 1.165) is 33.7 Å². The van der Waals surface area contributed by atoms with Gasteiger partial charge in [-0.05, 0) is 54.8 Å². The Morgan fingerprint density at radius 2 is 1.18 bits per heavy atom. The fraction of sp³-hybridized carbons (Fsp3) is 0.229. The molecule has 4 aromatic carbocycles. The fourth-order valence-corrected chi connectivity index (χ4v) is 3.46. The van der Waals surface area contributed by atoms with Gasteiger partial charge in [-0.1, -0.05) is 86.6 Å². The molecular weight excluding hydrogens is 500 g/mol. The summed E-state index contributed by atoms with van der Waals surface area (Å²) in [7, 11) is 0. The van der Waals surface area contributed by atoms with E-state index < -0.39 is 0 Å². The maximum atomic E-state index is 11.5. The number of Topliss-reactive ketones (excluding diaryl/α,β-unsaturated/α-hetero) is 3. The summed E-state index contributed by atoms with van der Waals surface area (Å²) in [5.41, 5.74) is 1.90. The highest BCUT2D eigenvalue weighted by atomic mass is 16.3. The first-order valence-corrected chi connectivity index (χ1v) is 13.4. The summed E-state index contributed by atoms with van der Waals surface area (Å²) in [6.45, 7) is 6.90. The van der Waals surface area contributed by atoms with Crippen LogP contribution in [0.1, 0.15) is 62.9 Å². The van der Waals surface area contributed by atoms with E-state index in [9.17, 15) is 14.4 Å². The number of hydrogen-bond donors (Lipinski definition) is 1. The summed E-state index contributed by atoms with van der Waals surface area (Å²) in [5.74, 6) is 0.922. The number of phenols is 1. The highest BCUT2D eigenvalue weighted by molar-refractivity contribution is 5.99. The lowest BCUT2D eigenvalue weighted by Crippen LogP contribution is -1.95. The first kappa shape index (κ1) is 31.7. The molecule has 0 radical (unpaired) electrons. The SMILES string of the molecule is CC(=O)CCc1ccc(O)cc1.CCC(=O)c1ccc2ccccc2c1.CCC(C)=O.c1ccc2cocc2c1. The van der Waals surface area contributed by atoms with Crippen LogP contribution in [0.25, 0.3) is 21.5 Å². The van der Waals surface area contributed by atoms with Crippen LogP contribution in [0.2, 0.25) is 0 Å². The van der Waals surface area contributed by atoms with Crippen LogP contribution in [0.3, 0.4) is 0 Å². The molecule has 0 unspecified atom stereocenters. The molecule has 0 saturated carbocycles. The van der Waals surface area contributed by atoms with Crippen molar-refractivity contribution in [3.8, 4) is 5.75 Å². The summed E-state index contributed by atoms with van der Waals surface area (Å²) < 4.78 is 4.96. The van der Waals surface area contributed by atoms with E-state index in [1.165, 1.54) is 5.39 Å². The molecule has 0 atom stereocenters. The van der Waals surface area contributed by atoms with E-state index in [1.807, 2.05) is 86.6 Å². The molecule has 0 fully saturated rings. The van der Waals surface area contributed by atoms with Crippen molar-refractivity contribution in [3.63, 3.8) is 0 Å². The number of aryl methyl sites for hydroxylation is 1. The van der Waals surface area contributed by atoms with E-state index >= 15 is 0 Å². The molecule has 0 aliphatic carbocycles. The Kier molecular flexibility index (Phi) is 13.6. The molecule has 40 heavy (non-hydrogen) atoms. The number of carbonyl (C=O) groups excluding carboxylic acids is 3. The standard InChI is InChI=1S/C13H12O.C10H12O2.C8H6O.C4H8O/c1-2-13(14)12-8-7-10-5-3-4-6-11(10)9-12;1-8(11)2-3-9-4-6-10(12)7-5-9;1-2-4-8-6-9-5-7(8)3-1;1-3-4(2)5/h3-9H,2H2,1H3;4-7,12H,2-3H2,1H3;1-6H;3H2,1-2H3. The molecular formula is C35H38O5. The number of furan rings is 1. The third-order valence-electron chi connectivity index (χ3n) is 5.98. The second-order valence-electron chi connectivity index (χ2n) is 9.26. The maximum Gasteiger partial charge on any atom is 0.162 e. The lowest BCUT2D eigenvalue weighted by molar-refractivity contribution is -0.117. The quantitative estimate of drug-likeness (QED) is 0.218. The molecule has 208 valence electrons. The molecule has 0 bridgehead atoms. The number of ketones is 3. The van der Waals surface area contributed by atoms with Crippen LogP contribution in [0.15, 0.2) is 108 Å². The lowest BCUT2D eigenvalue weighted by atomic mass is 10.0. The Bertz CT molecular complexity index is 1470. The van der Waals surface area contributed by atoms with Crippen LogP contribution >= 0.6 is 0 Å². The molecule has 0 aliphatic rings. The summed E-state index contributed by atoms with van der Waals surface area (Å²) in [4.78, 5) is 31.9. The second kappa shape index (κ2) is 17.2.